The number of amides is 1. The summed E-state index contributed by atoms with van der Waals surface area (Å²) in [5.41, 5.74) is 2.33. The summed E-state index contributed by atoms with van der Waals surface area (Å²) in [4.78, 5) is 26.8. The number of nitrogens with one attached hydrogen (secondary N) is 2. The number of aliphatic hydroxyl groups is 1. The number of fused-ring (bicyclic) bond motifs is 2. The normalized spacial score (nSPS) is 12.7. The smallest absolute Gasteiger partial charge is 0.278 e. The highest BCUT2D eigenvalue weighted by Crippen LogP contribution is 2.40. The second kappa shape index (κ2) is 11.8. The topological polar surface area (TPSA) is 160 Å². The Morgan fingerprint density at radius 1 is 1.02 bits per heavy atom. The van der Waals surface area contributed by atoms with Gasteiger partial charge in [-0.3, -0.25) is 18.9 Å². The number of rotatable bonds is 8. The maximum Gasteiger partial charge on any atom is 0.278 e. The zero-order chi connectivity index (χ0) is 31.0. The molecule has 2 unspecified atom stereocenters. The third-order valence-corrected chi connectivity index (χ3v) is 7.63. The van der Waals surface area contributed by atoms with Crippen LogP contribution in [0.15, 0.2) is 94.1 Å². The lowest BCUT2D eigenvalue weighted by Gasteiger charge is -2.16. The second-order valence-corrected chi connectivity index (χ2v) is 10.5. The summed E-state index contributed by atoms with van der Waals surface area (Å²) in [6.07, 6.45) is 0. The van der Waals surface area contributed by atoms with Gasteiger partial charge in [-0.25, -0.2) is 13.3 Å². The first-order valence-electron chi connectivity index (χ1n) is 13.3. The van der Waals surface area contributed by atoms with Crippen molar-refractivity contribution in [1.29, 1.82) is 0 Å². The standard InChI is InChI=1S/C31H24FN5O6S/c1-33-30(39)28-23-14-21(25(35-44(41)42)15-27(23)43-29(28)18-7-10-20(32)11-8-18)19-9-12-24-22(13-19)31(40)37(36-34-24)26(16-38)17-5-3-2-4-6-17/h2-15,26,35,38H,16H2,1H3,(H,33,39)(H,41,42). The molecule has 1 amide bonds. The Hall–Kier alpha value is -5.24. The minimum atomic E-state index is -2.48. The molecule has 4 aromatic carbocycles. The molecule has 0 aliphatic carbocycles. The molecule has 0 aliphatic rings. The van der Waals surface area contributed by atoms with E-state index in [2.05, 4.69) is 20.4 Å². The number of carbonyl (C=O) groups is 1. The largest absolute Gasteiger partial charge is 0.455 e. The molecule has 0 radical (unpaired) electrons. The van der Waals surface area contributed by atoms with Gasteiger partial charge in [0.25, 0.3) is 22.7 Å². The summed E-state index contributed by atoms with van der Waals surface area (Å²) in [7, 11) is 1.46. The summed E-state index contributed by atoms with van der Waals surface area (Å²) in [6.45, 7) is -0.393. The van der Waals surface area contributed by atoms with Crippen molar-refractivity contribution in [1.82, 2.24) is 20.3 Å². The van der Waals surface area contributed by atoms with Crippen LogP contribution in [-0.4, -0.2) is 48.4 Å². The summed E-state index contributed by atoms with van der Waals surface area (Å²) < 4.78 is 44.9. The number of anilines is 1. The average molecular weight is 614 g/mol. The summed E-state index contributed by atoms with van der Waals surface area (Å²) >= 11 is -2.48. The van der Waals surface area contributed by atoms with Gasteiger partial charge in [-0.05, 0) is 53.6 Å². The number of hydrogen-bond donors (Lipinski definition) is 4. The van der Waals surface area contributed by atoms with Crippen molar-refractivity contribution < 1.29 is 27.5 Å². The molecule has 2 heterocycles. The molecule has 4 N–H and O–H groups in total. The Labute approximate surface area is 251 Å². The van der Waals surface area contributed by atoms with Crippen LogP contribution in [0.4, 0.5) is 10.1 Å². The number of nitrogens with zero attached hydrogens (tertiary/aromatic N) is 3. The van der Waals surface area contributed by atoms with Crippen LogP contribution in [0.3, 0.4) is 0 Å². The van der Waals surface area contributed by atoms with Gasteiger partial charge in [0.1, 0.15) is 28.7 Å². The number of halogens is 1. The first-order valence-corrected chi connectivity index (χ1v) is 14.4. The van der Waals surface area contributed by atoms with Gasteiger partial charge in [-0.1, -0.05) is 41.6 Å². The molecule has 13 heteroatoms. The van der Waals surface area contributed by atoms with E-state index in [4.69, 9.17) is 4.42 Å². The van der Waals surface area contributed by atoms with Crippen molar-refractivity contribution in [2.45, 2.75) is 6.04 Å². The SMILES string of the molecule is CNC(=O)c1c(-c2ccc(F)cc2)oc2cc(NS(=O)O)c(-c3ccc4nnn(C(CO)c5ccccc5)c(=O)c4c3)cc12. The average Bonchev–Trinajstić information content (AvgIpc) is 3.40. The highest BCUT2D eigenvalue weighted by Gasteiger charge is 2.24. The van der Waals surface area contributed by atoms with E-state index < -0.39 is 41.2 Å². The van der Waals surface area contributed by atoms with Gasteiger partial charge in [0, 0.05) is 29.6 Å². The third kappa shape index (κ3) is 5.24. The van der Waals surface area contributed by atoms with Crippen LogP contribution in [0.2, 0.25) is 0 Å². The zero-order valence-electron chi connectivity index (χ0n) is 23.0. The molecule has 0 fully saturated rings. The summed E-state index contributed by atoms with van der Waals surface area (Å²) in [6, 6.07) is 21.5. The molecule has 2 atom stereocenters. The first kappa shape index (κ1) is 28.9. The van der Waals surface area contributed by atoms with E-state index in [1.54, 1.807) is 48.5 Å². The molecule has 0 saturated carbocycles. The minimum absolute atomic E-state index is 0.176. The number of aromatic nitrogens is 3. The van der Waals surface area contributed by atoms with Crippen molar-refractivity contribution in [3.8, 4) is 22.5 Å². The zero-order valence-corrected chi connectivity index (χ0v) is 23.8. The lowest BCUT2D eigenvalue weighted by atomic mass is 9.98. The minimum Gasteiger partial charge on any atom is -0.455 e. The maximum atomic E-state index is 13.7. The van der Waals surface area contributed by atoms with Gasteiger partial charge in [-0.2, -0.15) is 0 Å². The fraction of sp³-hybridized carbons (Fsp3) is 0.0968. The van der Waals surface area contributed by atoms with E-state index in [0.29, 0.717) is 33.2 Å². The molecular formula is C31H24FN5O6S. The quantitative estimate of drug-likeness (QED) is 0.183. The predicted molar refractivity (Wildman–Crippen MR) is 164 cm³/mol. The maximum absolute atomic E-state index is 13.7. The second-order valence-electron chi connectivity index (χ2n) is 9.82. The highest BCUT2D eigenvalue weighted by atomic mass is 32.2. The van der Waals surface area contributed by atoms with Gasteiger partial charge in [-0.15, -0.1) is 5.10 Å². The first-order chi connectivity index (χ1) is 21.3. The fourth-order valence-electron chi connectivity index (χ4n) is 5.14. The molecule has 222 valence electrons. The van der Waals surface area contributed by atoms with Crippen LogP contribution < -0.4 is 15.6 Å². The van der Waals surface area contributed by atoms with E-state index in [0.717, 1.165) is 4.68 Å². The van der Waals surface area contributed by atoms with Crippen LogP contribution in [-0.2, 0) is 11.3 Å². The monoisotopic (exact) mass is 613 g/mol. The fourth-order valence-corrected chi connectivity index (χ4v) is 5.50. The Bertz CT molecular complexity index is 2120. The van der Waals surface area contributed by atoms with Crippen molar-refractivity contribution >= 4 is 44.7 Å². The Balaban J connectivity index is 1.57. The molecule has 6 aromatic rings. The van der Waals surface area contributed by atoms with Gasteiger partial charge < -0.3 is 14.8 Å². The number of aliphatic hydroxyl groups excluding tert-OH is 1. The molecule has 0 spiro atoms. The van der Waals surface area contributed by atoms with E-state index in [1.807, 2.05) is 6.07 Å². The lowest BCUT2D eigenvalue weighted by Crippen LogP contribution is -2.31. The molecule has 0 aliphatic heterocycles. The Morgan fingerprint density at radius 3 is 2.43 bits per heavy atom. The summed E-state index contributed by atoms with van der Waals surface area (Å²) in [5.74, 6) is -0.743. The molecule has 0 saturated heterocycles. The molecule has 44 heavy (non-hydrogen) atoms. The van der Waals surface area contributed by atoms with Gasteiger partial charge >= 0.3 is 0 Å². The molecular weight excluding hydrogens is 589 g/mol. The number of furan rings is 1. The molecule has 2 aromatic heterocycles. The van der Waals surface area contributed by atoms with Gasteiger partial charge in [0.2, 0.25) is 0 Å². The van der Waals surface area contributed by atoms with E-state index in [-0.39, 0.29) is 28.0 Å². The highest BCUT2D eigenvalue weighted by molar-refractivity contribution is 7.80. The lowest BCUT2D eigenvalue weighted by molar-refractivity contribution is 0.0964. The van der Waals surface area contributed by atoms with E-state index in [9.17, 15) is 27.8 Å². The van der Waals surface area contributed by atoms with Crippen molar-refractivity contribution in [2.24, 2.45) is 0 Å². The van der Waals surface area contributed by atoms with E-state index >= 15 is 0 Å². The van der Waals surface area contributed by atoms with Gasteiger partial charge in [0.15, 0.2) is 0 Å². The number of carbonyl (C=O) groups excluding carboxylic acids is 1. The van der Waals surface area contributed by atoms with Crippen LogP contribution in [0, 0.1) is 5.82 Å². The Kier molecular flexibility index (Phi) is 7.74. The van der Waals surface area contributed by atoms with Crippen molar-refractivity contribution in [2.75, 3.05) is 18.4 Å². The predicted octanol–water partition coefficient (Wildman–Crippen LogP) is 4.50. The van der Waals surface area contributed by atoms with Crippen LogP contribution in [0.1, 0.15) is 22.0 Å². The third-order valence-electron chi connectivity index (χ3n) is 7.23. The molecule has 0 bridgehead atoms. The van der Waals surface area contributed by atoms with Gasteiger partial charge in [0.05, 0.1) is 23.2 Å². The summed E-state index contributed by atoms with van der Waals surface area (Å²) in [5, 5.41) is 21.5. The van der Waals surface area contributed by atoms with Crippen LogP contribution in [0.5, 0.6) is 0 Å². The Morgan fingerprint density at radius 2 is 1.75 bits per heavy atom. The van der Waals surface area contributed by atoms with Crippen LogP contribution in [0.25, 0.3) is 44.3 Å². The van der Waals surface area contributed by atoms with E-state index in [1.165, 1.54) is 37.4 Å². The molecule has 11 nitrogen and oxygen atoms in total. The number of benzene rings is 4. The molecule has 6 rings (SSSR count). The van der Waals surface area contributed by atoms with Crippen molar-refractivity contribution in [3.63, 3.8) is 0 Å². The van der Waals surface area contributed by atoms with Crippen molar-refractivity contribution in [3.05, 3.63) is 112 Å². The van der Waals surface area contributed by atoms with Crippen LogP contribution >= 0.6 is 0 Å². The number of hydrogen-bond acceptors (Lipinski definition) is 7.